The molecule has 2 aromatic rings. The Labute approximate surface area is 219 Å². The van der Waals surface area contributed by atoms with Crippen LogP contribution >= 0.6 is 15.9 Å². The van der Waals surface area contributed by atoms with E-state index >= 15 is 0 Å². The van der Waals surface area contributed by atoms with Gasteiger partial charge in [0, 0.05) is 48.0 Å². The van der Waals surface area contributed by atoms with Gasteiger partial charge in [-0.2, -0.15) is 13.2 Å². The molecule has 0 spiro atoms. The van der Waals surface area contributed by atoms with Gasteiger partial charge >= 0.3 is 6.18 Å². The monoisotopic (exact) mass is 584 g/mol. The number of benzene rings is 1. The third-order valence-corrected chi connectivity index (χ3v) is 7.77. The number of morpholine rings is 1. The fraction of sp³-hybridized carbons (Fsp3) is 0.440. The maximum Gasteiger partial charge on any atom is 0.419 e. The van der Waals surface area contributed by atoms with Gasteiger partial charge in [-0.15, -0.1) is 0 Å². The second-order valence-electron chi connectivity index (χ2n) is 9.41. The number of piperidine rings is 1. The lowest BCUT2D eigenvalue weighted by atomic mass is 9.99. The molecule has 7 nitrogen and oxygen atoms in total. The van der Waals surface area contributed by atoms with Crippen LogP contribution in [0.15, 0.2) is 16.6 Å². The number of aromatic amines is 1. The molecule has 2 saturated heterocycles. The largest absolute Gasteiger partial charge is 0.419 e. The Kier molecular flexibility index (Phi) is 6.92. The summed E-state index contributed by atoms with van der Waals surface area (Å²) in [6, 6.07) is 2.50. The first-order valence-electron chi connectivity index (χ1n) is 12.0. The molecule has 4 heterocycles. The SMILES string of the molecule is Cc1[nH]c(/C=C2\C(=O)Nc3c(Br)cc(F)cc32)c(C(F)(F)F)c1C(=O)N1CCC(N2CCOCC2)CC1. The van der Waals surface area contributed by atoms with Gasteiger partial charge in [0.1, 0.15) is 5.82 Å². The van der Waals surface area contributed by atoms with Crippen molar-refractivity contribution in [2.75, 3.05) is 44.7 Å². The lowest BCUT2D eigenvalue weighted by Crippen LogP contribution is -2.50. The maximum atomic E-state index is 14.3. The number of ether oxygens (including phenoxy) is 1. The van der Waals surface area contributed by atoms with Crippen molar-refractivity contribution in [3.8, 4) is 0 Å². The van der Waals surface area contributed by atoms with E-state index in [4.69, 9.17) is 4.74 Å². The second-order valence-corrected chi connectivity index (χ2v) is 10.3. The first-order valence-corrected chi connectivity index (χ1v) is 12.8. The molecule has 2 amide bonds. The molecule has 2 N–H and O–H groups in total. The number of aryl methyl sites for hydroxylation is 1. The predicted octanol–water partition coefficient (Wildman–Crippen LogP) is 4.67. The van der Waals surface area contributed by atoms with E-state index in [9.17, 15) is 27.2 Å². The van der Waals surface area contributed by atoms with Crippen LogP contribution in [0.3, 0.4) is 0 Å². The molecule has 0 atom stereocenters. The van der Waals surface area contributed by atoms with Crippen LogP contribution in [0.2, 0.25) is 0 Å². The Morgan fingerprint density at radius 2 is 1.84 bits per heavy atom. The lowest BCUT2D eigenvalue weighted by Gasteiger charge is -2.40. The number of halogens is 5. The van der Waals surface area contributed by atoms with E-state index in [1.54, 1.807) is 0 Å². The standard InChI is InChI=1S/C25H25BrF4N4O3/c1-13-20(24(36)34-4-2-15(3-5-34)33-6-8-37-9-7-33)21(25(28,29)30)19(31-13)12-17-16-10-14(27)11-18(26)22(16)32-23(17)35/h10-12,15,31H,2-9H2,1H3,(H,32,35)/b17-12-. The smallest absolute Gasteiger partial charge is 0.379 e. The molecule has 1 aromatic carbocycles. The van der Waals surface area contributed by atoms with Crippen LogP contribution in [0, 0.1) is 12.7 Å². The molecule has 0 bridgehead atoms. The Bertz CT molecular complexity index is 1280. The summed E-state index contributed by atoms with van der Waals surface area (Å²) in [5.41, 5.74) is -1.68. The number of likely N-dealkylation sites (tertiary alicyclic amines) is 1. The minimum Gasteiger partial charge on any atom is -0.379 e. The van der Waals surface area contributed by atoms with Gasteiger partial charge in [0.25, 0.3) is 11.8 Å². The van der Waals surface area contributed by atoms with Crippen LogP contribution in [-0.2, 0) is 15.7 Å². The number of nitrogens with zero attached hydrogens (tertiary/aromatic N) is 2. The Balaban J connectivity index is 1.46. The minimum atomic E-state index is -4.87. The van der Waals surface area contributed by atoms with Crippen LogP contribution in [0.25, 0.3) is 11.6 Å². The highest BCUT2D eigenvalue weighted by Gasteiger charge is 2.42. The van der Waals surface area contributed by atoms with Crippen molar-refractivity contribution >= 4 is 45.1 Å². The number of anilines is 1. The van der Waals surface area contributed by atoms with Gasteiger partial charge < -0.3 is 19.9 Å². The first kappa shape index (κ1) is 25.9. The molecule has 0 unspecified atom stereocenters. The fourth-order valence-electron chi connectivity index (χ4n) is 5.36. The van der Waals surface area contributed by atoms with Crippen molar-refractivity contribution < 1.29 is 31.9 Å². The number of aromatic nitrogens is 1. The summed E-state index contributed by atoms with van der Waals surface area (Å²) in [6.07, 6.45) is -2.49. The quantitative estimate of drug-likeness (QED) is 0.406. The first-order chi connectivity index (χ1) is 17.5. The number of alkyl halides is 3. The van der Waals surface area contributed by atoms with Crippen molar-refractivity contribution in [3.63, 3.8) is 0 Å². The van der Waals surface area contributed by atoms with Gasteiger partial charge in [-0.25, -0.2) is 4.39 Å². The Morgan fingerprint density at radius 3 is 2.49 bits per heavy atom. The topological polar surface area (TPSA) is 77.7 Å². The molecule has 3 aliphatic rings. The zero-order chi connectivity index (χ0) is 26.5. The van der Waals surface area contributed by atoms with Gasteiger partial charge in [0.2, 0.25) is 0 Å². The molecule has 37 heavy (non-hydrogen) atoms. The molecule has 1 aromatic heterocycles. The normalized spacial score (nSPS) is 20.4. The molecule has 5 rings (SSSR count). The number of amides is 2. The number of H-pyrrole nitrogens is 1. The van der Waals surface area contributed by atoms with Crippen molar-refractivity contribution in [2.24, 2.45) is 0 Å². The zero-order valence-electron chi connectivity index (χ0n) is 20.0. The molecule has 12 heteroatoms. The summed E-state index contributed by atoms with van der Waals surface area (Å²) in [5.74, 6) is -2.01. The number of hydrogen-bond acceptors (Lipinski definition) is 4. The number of fused-ring (bicyclic) bond motifs is 1. The molecule has 3 aliphatic heterocycles. The Hall–Kier alpha value is -2.70. The van der Waals surface area contributed by atoms with E-state index in [0.29, 0.717) is 39.1 Å². The Morgan fingerprint density at radius 1 is 1.16 bits per heavy atom. The maximum absolute atomic E-state index is 14.3. The number of rotatable bonds is 3. The number of carbonyl (C=O) groups excluding carboxylic acids is 2. The van der Waals surface area contributed by atoms with Gasteiger partial charge in [-0.05, 0) is 53.9 Å². The highest BCUT2D eigenvalue weighted by atomic mass is 79.9. The summed E-state index contributed by atoms with van der Waals surface area (Å²) in [7, 11) is 0. The molecule has 0 aliphatic carbocycles. The summed E-state index contributed by atoms with van der Waals surface area (Å²) < 4.78 is 62.7. The van der Waals surface area contributed by atoms with E-state index in [-0.39, 0.29) is 33.0 Å². The summed E-state index contributed by atoms with van der Waals surface area (Å²) >= 11 is 3.16. The number of hydrogen-bond donors (Lipinski definition) is 2. The molecular formula is C25H25BrF4N4O3. The van der Waals surface area contributed by atoms with Crippen molar-refractivity contribution in [1.82, 2.24) is 14.8 Å². The average Bonchev–Trinajstić information content (AvgIpc) is 3.36. The van der Waals surface area contributed by atoms with Crippen molar-refractivity contribution in [2.45, 2.75) is 32.0 Å². The van der Waals surface area contributed by atoms with Crippen molar-refractivity contribution in [1.29, 1.82) is 0 Å². The van der Waals surface area contributed by atoms with Gasteiger partial charge in [0.05, 0.1) is 41.3 Å². The molecule has 198 valence electrons. The van der Waals surface area contributed by atoms with E-state index in [2.05, 4.69) is 31.1 Å². The lowest BCUT2D eigenvalue weighted by molar-refractivity contribution is -0.138. The van der Waals surface area contributed by atoms with E-state index in [1.165, 1.54) is 11.8 Å². The zero-order valence-corrected chi connectivity index (χ0v) is 21.6. The number of carbonyl (C=O) groups is 2. The summed E-state index contributed by atoms with van der Waals surface area (Å²) in [5, 5.41) is 2.55. The van der Waals surface area contributed by atoms with E-state index in [1.807, 2.05) is 0 Å². The van der Waals surface area contributed by atoms with Crippen LogP contribution in [0.5, 0.6) is 0 Å². The average molecular weight is 585 g/mol. The molecule has 0 saturated carbocycles. The van der Waals surface area contributed by atoms with Gasteiger partial charge in [0.15, 0.2) is 0 Å². The van der Waals surface area contributed by atoms with Crippen LogP contribution < -0.4 is 5.32 Å². The molecule has 0 radical (unpaired) electrons. The highest BCUT2D eigenvalue weighted by molar-refractivity contribution is 9.10. The van der Waals surface area contributed by atoms with Crippen LogP contribution in [0.1, 0.15) is 45.7 Å². The number of nitrogens with one attached hydrogen (secondary N) is 2. The molecule has 2 fully saturated rings. The fourth-order valence-corrected chi connectivity index (χ4v) is 5.89. The van der Waals surface area contributed by atoms with E-state index in [0.717, 1.165) is 31.3 Å². The highest BCUT2D eigenvalue weighted by Crippen LogP contribution is 2.42. The minimum absolute atomic E-state index is 0.0542. The summed E-state index contributed by atoms with van der Waals surface area (Å²) in [4.78, 5) is 32.4. The third-order valence-electron chi connectivity index (χ3n) is 7.14. The van der Waals surface area contributed by atoms with Gasteiger partial charge in [-0.1, -0.05) is 0 Å². The van der Waals surface area contributed by atoms with Gasteiger partial charge in [-0.3, -0.25) is 14.5 Å². The second kappa shape index (κ2) is 9.88. The molecular weight excluding hydrogens is 560 g/mol. The predicted molar refractivity (Wildman–Crippen MR) is 132 cm³/mol. The third kappa shape index (κ3) is 4.94. The van der Waals surface area contributed by atoms with Crippen LogP contribution in [-0.4, -0.2) is 72.0 Å². The van der Waals surface area contributed by atoms with Crippen LogP contribution in [0.4, 0.5) is 23.2 Å². The van der Waals surface area contributed by atoms with E-state index < -0.39 is 40.6 Å². The summed E-state index contributed by atoms with van der Waals surface area (Å²) in [6.45, 7) is 5.03. The van der Waals surface area contributed by atoms with Crippen molar-refractivity contribution in [3.05, 3.63) is 50.5 Å².